The van der Waals surface area contributed by atoms with Crippen LogP contribution in [0.15, 0.2) is 46.3 Å². The standard InChI is InChI=1S/C17H17BrN2O2S/c18-12-5-3-6-13(11-12)19-16(21)14-7-1-2-9-20(14)17(22)15-8-4-10-23-15/h3-6,8,10-11,14H,1-2,7,9H2,(H,19,21). The molecule has 2 heterocycles. The Hall–Kier alpha value is -1.66. The lowest BCUT2D eigenvalue weighted by Crippen LogP contribution is -2.49. The second kappa shape index (κ2) is 7.27. The number of amides is 2. The summed E-state index contributed by atoms with van der Waals surface area (Å²) in [4.78, 5) is 27.7. The molecule has 0 saturated carbocycles. The third kappa shape index (κ3) is 3.82. The Morgan fingerprint density at radius 2 is 2.09 bits per heavy atom. The third-order valence-electron chi connectivity index (χ3n) is 3.89. The maximum absolute atomic E-state index is 12.6. The number of hydrogen-bond acceptors (Lipinski definition) is 3. The molecule has 1 aromatic carbocycles. The number of thiophene rings is 1. The van der Waals surface area contributed by atoms with Crippen LogP contribution < -0.4 is 5.32 Å². The van der Waals surface area contributed by atoms with Crippen molar-refractivity contribution in [2.45, 2.75) is 25.3 Å². The number of piperidine rings is 1. The zero-order valence-corrected chi connectivity index (χ0v) is 14.9. The summed E-state index contributed by atoms with van der Waals surface area (Å²) < 4.78 is 0.908. The molecule has 3 rings (SSSR count). The van der Waals surface area contributed by atoms with E-state index in [1.54, 1.807) is 4.90 Å². The van der Waals surface area contributed by atoms with Crippen molar-refractivity contribution in [3.8, 4) is 0 Å². The molecule has 1 saturated heterocycles. The Bertz CT molecular complexity index is 702. The number of carbonyl (C=O) groups excluding carboxylic acids is 2. The number of anilines is 1. The summed E-state index contributed by atoms with van der Waals surface area (Å²) in [7, 11) is 0. The Balaban J connectivity index is 1.75. The molecule has 1 aromatic heterocycles. The monoisotopic (exact) mass is 392 g/mol. The highest BCUT2D eigenvalue weighted by Gasteiger charge is 2.33. The summed E-state index contributed by atoms with van der Waals surface area (Å²) in [6.07, 6.45) is 2.61. The van der Waals surface area contributed by atoms with Crippen molar-refractivity contribution in [2.75, 3.05) is 11.9 Å². The van der Waals surface area contributed by atoms with Gasteiger partial charge in [-0.2, -0.15) is 0 Å². The zero-order chi connectivity index (χ0) is 16.2. The van der Waals surface area contributed by atoms with Gasteiger partial charge in [0.15, 0.2) is 0 Å². The lowest BCUT2D eigenvalue weighted by molar-refractivity contribution is -0.121. The molecular weight excluding hydrogens is 376 g/mol. The SMILES string of the molecule is O=C(Nc1cccc(Br)c1)C1CCCCN1C(=O)c1cccs1. The molecule has 1 N–H and O–H groups in total. The van der Waals surface area contributed by atoms with E-state index in [4.69, 9.17) is 0 Å². The molecule has 0 bridgehead atoms. The molecule has 0 aliphatic carbocycles. The minimum absolute atomic E-state index is 0.0471. The van der Waals surface area contributed by atoms with E-state index < -0.39 is 6.04 Å². The van der Waals surface area contributed by atoms with Crippen LogP contribution in [0.2, 0.25) is 0 Å². The highest BCUT2D eigenvalue weighted by Crippen LogP contribution is 2.23. The van der Waals surface area contributed by atoms with E-state index in [0.29, 0.717) is 17.8 Å². The van der Waals surface area contributed by atoms with Crippen molar-refractivity contribution < 1.29 is 9.59 Å². The molecule has 0 spiro atoms. The molecule has 2 aromatic rings. The van der Waals surface area contributed by atoms with Crippen molar-refractivity contribution in [1.29, 1.82) is 0 Å². The largest absolute Gasteiger partial charge is 0.326 e. The Morgan fingerprint density at radius 3 is 2.83 bits per heavy atom. The molecule has 120 valence electrons. The molecular formula is C17H17BrN2O2S. The van der Waals surface area contributed by atoms with Gasteiger partial charge in [0.05, 0.1) is 4.88 Å². The summed E-state index contributed by atoms with van der Waals surface area (Å²) in [6, 6.07) is 10.7. The van der Waals surface area contributed by atoms with Gasteiger partial charge in [-0.05, 0) is 48.9 Å². The van der Waals surface area contributed by atoms with Gasteiger partial charge in [-0.25, -0.2) is 0 Å². The van der Waals surface area contributed by atoms with Crippen LogP contribution in [0.1, 0.15) is 28.9 Å². The quantitative estimate of drug-likeness (QED) is 0.852. The summed E-state index contributed by atoms with van der Waals surface area (Å²) in [5.41, 5.74) is 0.735. The fraction of sp³-hybridized carbons (Fsp3) is 0.294. The van der Waals surface area contributed by atoms with E-state index in [2.05, 4.69) is 21.2 Å². The van der Waals surface area contributed by atoms with E-state index >= 15 is 0 Å². The molecule has 1 unspecified atom stereocenters. The van der Waals surface area contributed by atoms with E-state index in [1.807, 2.05) is 41.8 Å². The lowest BCUT2D eigenvalue weighted by atomic mass is 10.0. The molecule has 1 aliphatic heterocycles. The summed E-state index contributed by atoms with van der Waals surface area (Å²) in [5.74, 6) is -0.165. The van der Waals surface area contributed by atoms with Gasteiger partial charge in [0, 0.05) is 16.7 Å². The van der Waals surface area contributed by atoms with Gasteiger partial charge in [0.2, 0.25) is 5.91 Å². The van der Waals surface area contributed by atoms with Gasteiger partial charge < -0.3 is 10.2 Å². The van der Waals surface area contributed by atoms with Gasteiger partial charge in [0.1, 0.15) is 6.04 Å². The average molecular weight is 393 g/mol. The first-order valence-corrected chi connectivity index (χ1v) is 9.23. The molecule has 1 fully saturated rings. The first-order valence-electron chi connectivity index (χ1n) is 7.56. The second-order valence-electron chi connectivity index (χ2n) is 5.49. The normalized spacial score (nSPS) is 17.8. The smallest absolute Gasteiger partial charge is 0.264 e. The second-order valence-corrected chi connectivity index (χ2v) is 7.35. The van der Waals surface area contributed by atoms with Crippen molar-refractivity contribution in [3.05, 3.63) is 51.1 Å². The maximum Gasteiger partial charge on any atom is 0.264 e. The first-order chi connectivity index (χ1) is 11.1. The maximum atomic E-state index is 12.6. The molecule has 23 heavy (non-hydrogen) atoms. The van der Waals surface area contributed by atoms with E-state index in [0.717, 1.165) is 23.0 Å². The van der Waals surface area contributed by atoms with Crippen LogP contribution in [-0.4, -0.2) is 29.3 Å². The van der Waals surface area contributed by atoms with E-state index in [1.165, 1.54) is 11.3 Å². The Morgan fingerprint density at radius 1 is 1.22 bits per heavy atom. The van der Waals surface area contributed by atoms with Gasteiger partial charge in [-0.15, -0.1) is 11.3 Å². The summed E-state index contributed by atoms with van der Waals surface area (Å²) in [6.45, 7) is 0.632. The Kier molecular flexibility index (Phi) is 5.13. The zero-order valence-electron chi connectivity index (χ0n) is 12.5. The van der Waals surface area contributed by atoms with Crippen LogP contribution in [-0.2, 0) is 4.79 Å². The van der Waals surface area contributed by atoms with Crippen LogP contribution in [0, 0.1) is 0 Å². The minimum Gasteiger partial charge on any atom is -0.326 e. The number of carbonyl (C=O) groups is 2. The van der Waals surface area contributed by atoms with E-state index in [-0.39, 0.29) is 11.8 Å². The first kappa shape index (κ1) is 16.2. The third-order valence-corrected chi connectivity index (χ3v) is 5.24. The lowest BCUT2D eigenvalue weighted by Gasteiger charge is -2.34. The van der Waals surface area contributed by atoms with Crippen LogP contribution in [0.25, 0.3) is 0 Å². The number of nitrogens with zero attached hydrogens (tertiary/aromatic N) is 1. The predicted octanol–water partition coefficient (Wildman–Crippen LogP) is 4.14. The minimum atomic E-state index is -0.405. The van der Waals surface area contributed by atoms with Gasteiger partial charge in [0.25, 0.3) is 5.91 Å². The highest BCUT2D eigenvalue weighted by atomic mass is 79.9. The molecule has 4 nitrogen and oxygen atoms in total. The van der Waals surface area contributed by atoms with Crippen LogP contribution in [0.5, 0.6) is 0 Å². The fourth-order valence-corrected chi connectivity index (χ4v) is 3.86. The van der Waals surface area contributed by atoms with Crippen LogP contribution in [0.4, 0.5) is 5.69 Å². The number of nitrogens with one attached hydrogen (secondary N) is 1. The molecule has 6 heteroatoms. The number of likely N-dealkylation sites (tertiary alicyclic amines) is 1. The van der Waals surface area contributed by atoms with Gasteiger partial charge in [-0.1, -0.05) is 28.1 Å². The summed E-state index contributed by atoms with van der Waals surface area (Å²) in [5, 5.41) is 4.81. The van der Waals surface area contributed by atoms with Crippen molar-refractivity contribution in [1.82, 2.24) is 4.90 Å². The van der Waals surface area contributed by atoms with Crippen molar-refractivity contribution >= 4 is 44.8 Å². The summed E-state index contributed by atoms with van der Waals surface area (Å²) >= 11 is 4.81. The molecule has 0 radical (unpaired) electrons. The topological polar surface area (TPSA) is 49.4 Å². The van der Waals surface area contributed by atoms with Crippen LogP contribution >= 0.6 is 27.3 Å². The average Bonchev–Trinajstić information content (AvgIpc) is 3.08. The molecule has 2 amide bonds. The Labute approximate surface area is 147 Å². The van der Waals surface area contributed by atoms with Crippen molar-refractivity contribution in [3.63, 3.8) is 0 Å². The van der Waals surface area contributed by atoms with Gasteiger partial charge in [-0.3, -0.25) is 9.59 Å². The van der Waals surface area contributed by atoms with E-state index in [9.17, 15) is 9.59 Å². The van der Waals surface area contributed by atoms with Crippen LogP contribution in [0.3, 0.4) is 0 Å². The number of halogens is 1. The number of benzene rings is 1. The fourth-order valence-electron chi connectivity index (χ4n) is 2.78. The predicted molar refractivity (Wildman–Crippen MR) is 95.8 cm³/mol. The molecule has 1 aliphatic rings. The molecule has 1 atom stereocenters. The highest BCUT2D eigenvalue weighted by molar-refractivity contribution is 9.10. The van der Waals surface area contributed by atoms with Crippen molar-refractivity contribution in [2.24, 2.45) is 0 Å². The number of hydrogen-bond donors (Lipinski definition) is 1. The van der Waals surface area contributed by atoms with Gasteiger partial charge >= 0.3 is 0 Å². The number of rotatable bonds is 3.